The Bertz CT molecular complexity index is 754. The number of aliphatic hydroxyl groups excluding tert-OH is 1. The second-order valence-electron chi connectivity index (χ2n) is 5.78. The van der Waals surface area contributed by atoms with Gasteiger partial charge in [0.05, 0.1) is 23.2 Å². The molecule has 1 aliphatic heterocycles. The van der Waals surface area contributed by atoms with E-state index in [1.807, 2.05) is 16.7 Å². The van der Waals surface area contributed by atoms with E-state index >= 15 is 0 Å². The van der Waals surface area contributed by atoms with Gasteiger partial charge in [-0.15, -0.1) is 0 Å². The fourth-order valence-corrected chi connectivity index (χ4v) is 3.17. The van der Waals surface area contributed by atoms with Crippen molar-refractivity contribution in [3.8, 4) is 0 Å². The molecule has 0 bridgehead atoms. The van der Waals surface area contributed by atoms with Crippen LogP contribution in [-0.4, -0.2) is 39.4 Å². The molecule has 1 aliphatic rings. The first-order valence-corrected chi connectivity index (χ1v) is 8.04. The van der Waals surface area contributed by atoms with Crippen LogP contribution in [0.25, 0.3) is 10.9 Å². The molecule has 130 valence electrons. The molecule has 1 aromatic carbocycles. The summed E-state index contributed by atoms with van der Waals surface area (Å²) in [6.45, 7) is 1.42. The fourth-order valence-electron chi connectivity index (χ4n) is 3.00. The van der Waals surface area contributed by atoms with Gasteiger partial charge < -0.3 is 20.1 Å². The van der Waals surface area contributed by atoms with E-state index in [1.165, 1.54) is 0 Å². The van der Waals surface area contributed by atoms with Crippen molar-refractivity contribution in [3.63, 3.8) is 0 Å². The quantitative estimate of drug-likeness (QED) is 0.740. The lowest BCUT2D eigenvalue weighted by Gasteiger charge is -2.26. The Hall–Kier alpha value is -1.82. The van der Waals surface area contributed by atoms with Crippen molar-refractivity contribution in [2.24, 2.45) is 0 Å². The third-order valence-electron chi connectivity index (χ3n) is 4.19. The van der Waals surface area contributed by atoms with E-state index in [2.05, 4.69) is 5.32 Å². The highest BCUT2D eigenvalue weighted by Crippen LogP contribution is 2.25. The number of rotatable bonds is 4. The van der Waals surface area contributed by atoms with Crippen LogP contribution >= 0.6 is 11.6 Å². The molecule has 6 heteroatoms. The molecule has 0 amide bonds. The number of nitrogens with one attached hydrogen (secondary N) is 1. The highest BCUT2D eigenvalue weighted by atomic mass is 35.5. The monoisotopic (exact) mass is 350 g/mol. The molecule has 1 saturated heterocycles. The summed E-state index contributed by atoms with van der Waals surface area (Å²) in [6, 6.07) is 5.14. The number of halogens is 1. The summed E-state index contributed by atoms with van der Waals surface area (Å²) in [5.41, 5.74) is 1.05. The summed E-state index contributed by atoms with van der Waals surface area (Å²) in [6.07, 6.45) is 6.92. The van der Waals surface area contributed by atoms with Crippen LogP contribution in [0.5, 0.6) is 0 Å². The molecule has 0 unspecified atom stereocenters. The number of piperidine rings is 1. The Labute approximate surface area is 146 Å². The van der Waals surface area contributed by atoms with E-state index in [0.717, 1.165) is 24.9 Å². The van der Waals surface area contributed by atoms with Gasteiger partial charge >= 0.3 is 5.97 Å². The minimum Gasteiger partial charge on any atom is -0.478 e. The summed E-state index contributed by atoms with van der Waals surface area (Å²) < 4.78 is 1.86. The van der Waals surface area contributed by atoms with Crippen LogP contribution < -0.4 is 5.32 Å². The Kier molecular flexibility index (Phi) is 6.04. The Balaban J connectivity index is 0.00000208. The summed E-state index contributed by atoms with van der Waals surface area (Å²) in [4.78, 5) is 11.4. The number of fused-ring (bicyclic) bond motifs is 1. The van der Waals surface area contributed by atoms with E-state index < -0.39 is 5.97 Å². The lowest BCUT2D eigenvalue weighted by atomic mass is 10.0. The number of nitrogens with zero attached hydrogens (tertiary/aromatic N) is 1. The van der Waals surface area contributed by atoms with E-state index in [1.54, 1.807) is 24.4 Å². The van der Waals surface area contributed by atoms with Gasteiger partial charge in [-0.25, -0.2) is 4.79 Å². The van der Waals surface area contributed by atoms with Crippen LogP contribution in [0.15, 0.2) is 36.5 Å². The van der Waals surface area contributed by atoms with Crippen molar-refractivity contribution >= 4 is 28.5 Å². The van der Waals surface area contributed by atoms with E-state index in [4.69, 9.17) is 11.6 Å². The van der Waals surface area contributed by atoms with E-state index in [9.17, 15) is 15.0 Å². The van der Waals surface area contributed by atoms with E-state index in [-0.39, 0.29) is 25.1 Å². The van der Waals surface area contributed by atoms with Crippen LogP contribution in [0, 0.1) is 0 Å². The Morgan fingerprint density at radius 1 is 1.46 bits per heavy atom. The summed E-state index contributed by atoms with van der Waals surface area (Å²) in [7, 11) is 0. The molecule has 2 aromatic rings. The highest BCUT2D eigenvalue weighted by molar-refractivity contribution is 6.31. The van der Waals surface area contributed by atoms with Crippen LogP contribution in [0.4, 0.5) is 0 Å². The molecule has 2 atom stereocenters. The predicted molar refractivity (Wildman–Crippen MR) is 96.8 cm³/mol. The first-order valence-electron chi connectivity index (χ1n) is 7.66. The molecule has 0 spiro atoms. The molecule has 5 nitrogen and oxygen atoms in total. The third-order valence-corrected chi connectivity index (χ3v) is 4.43. The van der Waals surface area contributed by atoms with Crippen molar-refractivity contribution in [2.75, 3.05) is 6.54 Å². The van der Waals surface area contributed by atoms with Crippen LogP contribution in [0.2, 0.25) is 5.02 Å². The first-order chi connectivity index (χ1) is 11.1. The molecule has 24 heavy (non-hydrogen) atoms. The second-order valence-corrected chi connectivity index (χ2v) is 6.22. The number of allylic oxidation sites excluding steroid dienone is 1. The first kappa shape index (κ1) is 18.5. The minimum absolute atomic E-state index is 0. The largest absolute Gasteiger partial charge is 0.478 e. The van der Waals surface area contributed by atoms with Crippen molar-refractivity contribution in [1.29, 1.82) is 0 Å². The topological polar surface area (TPSA) is 74.5 Å². The molecule has 0 aliphatic carbocycles. The maximum absolute atomic E-state index is 11.4. The van der Waals surface area contributed by atoms with Crippen molar-refractivity contribution in [2.45, 2.75) is 39.0 Å². The summed E-state index contributed by atoms with van der Waals surface area (Å²) in [5, 5.41) is 23.8. The molecular weight excluding hydrogens is 328 g/mol. The SMILES string of the molecule is C.O=C(O)c1cn(C/C=C/[C@H]2NCCC[C@@H]2O)c2cc(Cl)ccc12. The zero-order valence-corrected chi connectivity index (χ0v) is 13.3. The van der Waals surface area contributed by atoms with Gasteiger partial charge in [-0.2, -0.15) is 0 Å². The number of aliphatic hydroxyl groups is 1. The Morgan fingerprint density at radius 2 is 2.25 bits per heavy atom. The third kappa shape index (κ3) is 3.80. The molecule has 0 saturated carbocycles. The number of hydrogen-bond acceptors (Lipinski definition) is 3. The van der Waals surface area contributed by atoms with Crippen molar-refractivity contribution in [3.05, 3.63) is 47.1 Å². The zero-order valence-electron chi connectivity index (χ0n) is 12.6. The number of hydrogen-bond donors (Lipinski definition) is 3. The number of carbonyl (C=O) groups is 1. The standard InChI is InChI=1S/C17H19ClN2O3.CH4/c18-11-5-6-12-13(17(22)23)10-20(15(12)9-11)8-2-3-14-16(21)4-1-7-19-14;/h2-3,5-6,9-10,14,16,19,21H,1,4,7-8H2,(H,22,23);1H4/b3-2+;/t14-,16+;/m1./s1. The van der Waals surface area contributed by atoms with Crippen molar-refractivity contribution in [1.82, 2.24) is 9.88 Å². The average molecular weight is 351 g/mol. The average Bonchev–Trinajstić information content (AvgIpc) is 2.87. The van der Waals surface area contributed by atoms with Crippen LogP contribution in [0.3, 0.4) is 0 Å². The highest BCUT2D eigenvalue weighted by Gasteiger charge is 2.19. The second kappa shape index (κ2) is 7.83. The predicted octanol–water partition coefficient (Wildman–Crippen LogP) is 3.30. The fraction of sp³-hybridized carbons (Fsp3) is 0.389. The number of carboxylic acids is 1. The number of aromatic carboxylic acids is 1. The number of benzene rings is 1. The smallest absolute Gasteiger partial charge is 0.337 e. The van der Waals surface area contributed by atoms with Gasteiger partial charge in [0.25, 0.3) is 0 Å². The molecular formula is C18H23ClN2O3. The number of aromatic nitrogens is 1. The normalized spacial score (nSPS) is 21.1. The van der Waals surface area contributed by atoms with Gasteiger partial charge in [0.2, 0.25) is 0 Å². The molecule has 0 radical (unpaired) electrons. The minimum atomic E-state index is -0.954. The van der Waals surface area contributed by atoms with Crippen LogP contribution in [-0.2, 0) is 6.54 Å². The maximum Gasteiger partial charge on any atom is 0.337 e. The molecule has 3 N–H and O–H groups in total. The van der Waals surface area contributed by atoms with Gasteiger partial charge in [-0.1, -0.05) is 37.2 Å². The van der Waals surface area contributed by atoms with Crippen LogP contribution in [0.1, 0.15) is 30.6 Å². The van der Waals surface area contributed by atoms with Gasteiger partial charge in [0.15, 0.2) is 0 Å². The summed E-state index contributed by atoms with van der Waals surface area (Å²) in [5.74, 6) is -0.954. The van der Waals surface area contributed by atoms with Gasteiger partial charge in [-0.05, 0) is 31.5 Å². The number of carboxylic acid groups (broad SMARTS) is 1. The maximum atomic E-state index is 11.4. The summed E-state index contributed by atoms with van der Waals surface area (Å²) >= 11 is 6.03. The van der Waals surface area contributed by atoms with Gasteiger partial charge in [-0.3, -0.25) is 0 Å². The van der Waals surface area contributed by atoms with Gasteiger partial charge in [0, 0.05) is 23.2 Å². The molecule has 1 fully saturated rings. The Morgan fingerprint density at radius 3 is 2.96 bits per heavy atom. The molecule has 3 rings (SSSR count). The zero-order chi connectivity index (χ0) is 16.4. The molecule has 2 heterocycles. The van der Waals surface area contributed by atoms with Crippen molar-refractivity contribution < 1.29 is 15.0 Å². The lowest BCUT2D eigenvalue weighted by molar-refractivity contribution is 0.0699. The lowest BCUT2D eigenvalue weighted by Crippen LogP contribution is -2.43. The van der Waals surface area contributed by atoms with E-state index in [0.29, 0.717) is 17.0 Å². The van der Waals surface area contributed by atoms with Gasteiger partial charge in [0.1, 0.15) is 0 Å². The molecule has 1 aromatic heterocycles.